The summed E-state index contributed by atoms with van der Waals surface area (Å²) in [6, 6.07) is 36.0. The molecule has 0 aromatic heterocycles. The Morgan fingerprint density at radius 1 is 0.536 bits per heavy atom. The Morgan fingerprint density at radius 3 is 0.929 bits per heavy atom. The molecule has 1 aliphatic carbocycles. The van der Waals surface area contributed by atoms with Gasteiger partial charge >= 0.3 is 67.6 Å². The Morgan fingerprint density at radius 2 is 0.750 bits per heavy atom. The van der Waals surface area contributed by atoms with Gasteiger partial charge in [-0.05, 0) is 0 Å². The maximum atomic E-state index is 5.05. The number of methoxy groups -OCH3 is 1. The first-order valence-electron chi connectivity index (χ1n) is 8.76. The fraction of sp³-hybridized carbons (Fsp3) is 0.0800. The molecule has 0 bridgehead atoms. The zero-order chi connectivity index (χ0) is 19.4. The van der Waals surface area contributed by atoms with Crippen molar-refractivity contribution in [3.63, 3.8) is 0 Å². The molecule has 0 amide bonds. The van der Waals surface area contributed by atoms with Crippen molar-refractivity contribution in [2.75, 3.05) is 7.11 Å². The third-order valence-corrected chi connectivity index (χ3v) is 3.95. The van der Waals surface area contributed by atoms with E-state index in [1.54, 1.807) is 7.11 Å². The summed E-state index contributed by atoms with van der Waals surface area (Å²) in [5, 5.41) is 0. The molecule has 0 saturated heterocycles. The van der Waals surface area contributed by atoms with Crippen LogP contribution in [0.4, 0.5) is 0 Å². The van der Waals surface area contributed by atoms with Crippen LogP contribution in [0.2, 0.25) is 0 Å². The van der Waals surface area contributed by atoms with Crippen LogP contribution < -0.4 is 0 Å². The van der Waals surface area contributed by atoms with E-state index in [4.69, 9.17) is 4.74 Å². The molecule has 1 nitrogen and oxygen atoms in total. The van der Waals surface area contributed by atoms with Gasteiger partial charge in [-0.1, -0.05) is 109 Å². The standard InChI is InChI=1S/C7H8OTe.3C6H6.Sn/c1-8-6-2-4-7(9)5-3-6;3*1-2-4-6-5-3-1;/h2-6H,1H3;3*1-6H;. The Kier molecular flexibility index (Phi) is 19.3. The smallest absolute Gasteiger partial charge is 0 e. The molecule has 0 saturated carbocycles. The van der Waals surface area contributed by atoms with E-state index in [0.717, 1.165) is 0 Å². The second-order valence-electron chi connectivity index (χ2n) is 5.29. The molecule has 0 unspecified atom stereocenters. The van der Waals surface area contributed by atoms with Crippen LogP contribution in [0.5, 0.6) is 0 Å². The maximum Gasteiger partial charge on any atom is 0 e. The van der Waals surface area contributed by atoms with Crippen LogP contribution in [0, 0.1) is 0 Å². The normalized spacial score (nSPS) is 11.2. The molecule has 4 radical (unpaired) electrons. The topological polar surface area (TPSA) is 9.23 Å². The van der Waals surface area contributed by atoms with E-state index >= 15 is 0 Å². The van der Waals surface area contributed by atoms with Crippen molar-refractivity contribution >= 4 is 49.3 Å². The number of allylic oxidation sites excluding steroid dienone is 2. The Bertz CT molecular complexity index is 572. The van der Waals surface area contributed by atoms with Gasteiger partial charge < -0.3 is 0 Å². The number of rotatable bonds is 1. The van der Waals surface area contributed by atoms with Crippen LogP contribution in [0.3, 0.4) is 0 Å². The van der Waals surface area contributed by atoms with Crippen LogP contribution in [0.1, 0.15) is 0 Å². The molecule has 3 aromatic rings. The number of hydrogen-bond donors (Lipinski definition) is 0. The first-order valence-corrected chi connectivity index (χ1v) is 9.92. The molecular formula is C25H26OSnTe. The van der Waals surface area contributed by atoms with Crippen molar-refractivity contribution in [1.29, 1.82) is 0 Å². The summed E-state index contributed by atoms with van der Waals surface area (Å²) in [6.07, 6.45) is 8.41. The van der Waals surface area contributed by atoms with Gasteiger partial charge in [-0.2, -0.15) is 0 Å². The molecule has 3 aromatic carbocycles. The van der Waals surface area contributed by atoms with Gasteiger partial charge in [0.25, 0.3) is 0 Å². The summed E-state index contributed by atoms with van der Waals surface area (Å²) in [5.74, 6) is 0. The molecule has 3 heteroatoms. The number of benzene rings is 3. The van der Waals surface area contributed by atoms with Crippen LogP contribution in [0.15, 0.2) is 133 Å². The summed E-state index contributed by atoms with van der Waals surface area (Å²) < 4.78 is 6.34. The van der Waals surface area contributed by atoms with Gasteiger partial charge in [-0.15, -0.1) is 0 Å². The fourth-order valence-corrected chi connectivity index (χ4v) is 2.26. The third kappa shape index (κ3) is 16.7. The van der Waals surface area contributed by atoms with E-state index in [-0.39, 0.29) is 30.0 Å². The molecule has 0 spiro atoms. The maximum absolute atomic E-state index is 5.05. The SMILES string of the molecule is COC1C=CC(=[Te])C=C1.[Sn].c1ccccc1.c1ccccc1.c1ccccc1. The molecule has 0 atom stereocenters. The van der Waals surface area contributed by atoms with Crippen molar-refractivity contribution in [2.45, 2.75) is 6.10 Å². The van der Waals surface area contributed by atoms with Gasteiger partial charge in [-0.3, -0.25) is 0 Å². The zero-order valence-electron chi connectivity index (χ0n) is 16.1. The van der Waals surface area contributed by atoms with E-state index in [1.165, 1.54) is 3.55 Å². The Labute approximate surface area is 199 Å². The van der Waals surface area contributed by atoms with Crippen molar-refractivity contribution in [1.82, 2.24) is 0 Å². The van der Waals surface area contributed by atoms with Crippen molar-refractivity contribution in [3.8, 4) is 0 Å². The molecule has 142 valence electrons. The monoisotopic (exact) mass is 592 g/mol. The molecule has 0 fully saturated rings. The van der Waals surface area contributed by atoms with Gasteiger partial charge in [0.2, 0.25) is 0 Å². The summed E-state index contributed by atoms with van der Waals surface area (Å²) in [6.45, 7) is 0. The molecular weight excluding hydrogens is 563 g/mol. The first-order chi connectivity index (χ1) is 13.3. The average molecular weight is 589 g/mol. The predicted octanol–water partition coefficient (Wildman–Crippen LogP) is 5.15. The van der Waals surface area contributed by atoms with Gasteiger partial charge in [0.05, 0.1) is 0 Å². The average Bonchev–Trinajstić information content (AvgIpc) is 2.79. The van der Waals surface area contributed by atoms with Crippen LogP contribution in [-0.4, -0.2) is 62.5 Å². The van der Waals surface area contributed by atoms with E-state index in [9.17, 15) is 0 Å². The van der Waals surface area contributed by atoms with Crippen LogP contribution in [0.25, 0.3) is 0 Å². The van der Waals surface area contributed by atoms with Gasteiger partial charge in [-0.25, -0.2) is 0 Å². The van der Waals surface area contributed by atoms with Crippen LogP contribution in [-0.2, 0) is 4.74 Å². The number of hydrogen-bond acceptors (Lipinski definition) is 1. The predicted molar refractivity (Wildman–Crippen MR) is 125 cm³/mol. The summed E-state index contributed by atoms with van der Waals surface area (Å²) >= 11 is 2.00. The molecule has 28 heavy (non-hydrogen) atoms. The first kappa shape index (κ1) is 26.6. The zero-order valence-corrected chi connectivity index (χ0v) is 21.3. The van der Waals surface area contributed by atoms with Crippen molar-refractivity contribution < 1.29 is 4.74 Å². The van der Waals surface area contributed by atoms with Gasteiger partial charge in [0.15, 0.2) is 0 Å². The molecule has 0 aliphatic heterocycles. The van der Waals surface area contributed by atoms with E-state index in [1.807, 2.05) is 143 Å². The van der Waals surface area contributed by atoms with E-state index < -0.39 is 0 Å². The third-order valence-electron chi connectivity index (χ3n) is 3.17. The van der Waals surface area contributed by atoms with Gasteiger partial charge in [0.1, 0.15) is 0 Å². The summed E-state index contributed by atoms with van der Waals surface area (Å²) in [5.41, 5.74) is 0. The van der Waals surface area contributed by atoms with E-state index in [0.29, 0.717) is 0 Å². The molecule has 0 N–H and O–H groups in total. The largest absolute Gasteiger partial charge is 0.0623 e. The Hall–Kier alpha value is -1.44. The van der Waals surface area contributed by atoms with Crippen LogP contribution >= 0.6 is 0 Å². The minimum Gasteiger partial charge on any atom is -0.0623 e. The molecule has 0 heterocycles. The molecule has 4 rings (SSSR count). The molecule has 1 aliphatic rings. The van der Waals surface area contributed by atoms with Gasteiger partial charge in [0, 0.05) is 23.9 Å². The summed E-state index contributed by atoms with van der Waals surface area (Å²) in [7, 11) is 1.71. The second-order valence-corrected chi connectivity index (χ2v) is 6.63. The summed E-state index contributed by atoms with van der Waals surface area (Å²) in [4.78, 5) is 0. The van der Waals surface area contributed by atoms with Crippen molar-refractivity contribution in [3.05, 3.63) is 133 Å². The minimum absolute atomic E-state index is 0. The fourth-order valence-electron chi connectivity index (χ4n) is 1.81. The second kappa shape index (κ2) is 20.3. The van der Waals surface area contributed by atoms with Crippen molar-refractivity contribution in [2.24, 2.45) is 0 Å². The Balaban J connectivity index is 0.000000349. The number of ether oxygens (including phenoxy) is 1. The minimum atomic E-state index is 0. The quantitative estimate of drug-likeness (QED) is 0.358. The van der Waals surface area contributed by atoms with E-state index in [2.05, 4.69) is 12.2 Å².